The van der Waals surface area contributed by atoms with E-state index in [2.05, 4.69) is 27.0 Å². The third-order valence-corrected chi connectivity index (χ3v) is 7.68. The van der Waals surface area contributed by atoms with Gasteiger partial charge in [0, 0.05) is 48.0 Å². The van der Waals surface area contributed by atoms with Crippen LogP contribution >= 0.6 is 0 Å². The predicted octanol–water partition coefficient (Wildman–Crippen LogP) is 5.77. The fraction of sp³-hybridized carbons (Fsp3) is 0.242. The Hall–Kier alpha value is -5.08. The molecule has 1 amide bonds. The largest absolute Gasteiger partial charge is 0.416 e. The lowest BCUT2D eigenvalue weighted by Gasteiger charge is -2.30. The topological polar surface area (TPSA) is 87.7 Å². The van der Waals surface area contributed by atoms with E-state index in [-0.39, 0.29) is 17.5 Å². The summed E-state index contributed by atoms with van der Waals surface area (Å²) in [4.78, 5) is 19.8. The molecule has 0 atom stereocenters. The van der Waals surface area contributed by atoms with Crippen molar-refractivity contribution in [3.05, 3.63) is 107 Å². The number of carbonyl (C=O) groups excluding carboxylic acids is 1. The smallest absolute Gasteiger partial charge is 0.393 e. The van der Waals surface area contributed by atoms with Crippen LogP contribution in [0, 0.1) is 25.7 Å². The molecule has 0 radical (unpaired) electrons. The van der Waals surface area contributed by atoms with Gasteiger partial charge in [-0.25, -0.2) is 9.50 Å². The van der Waals surface area contributed by atoms with Crippen molar-refractivity contribution in [1.29, 1.82) is 0 Å². The lowest BCUT2D eigenvalue weighted by Crippen LogP contribution is -2.36. The first-order chi connectivity index (χ1) is 21.0. The van der Waals surface area contributed by atoms with Crippen LogP contribution in [0.15, 0.2) is 73.2 Å². The number of nitrogens with one attached hydrogen (secondary N) is 1. The van der Waals surface area contributed by atoms with Gasteiger partial charge in [0.25, 0.3) is 5.91 Å². The van der Waals surface area contributed by atoms with Crippen LogP contribution in [-0.4, -0.2) is 49.4 Å². The summed E-state index contributed by atoms with van der Waals surface area (Å²) in [5.74, 6) is 6.42. The first-order valence-corrected chi connectivity index (χ1v) is 14.1. The van der Waals surface area contributed by atoms with Gasteiger partial charge in [-0.2, -0.15) is 13.2 Å². The van der Waals surface area contributed by atoms with Crippen LogP contribution in [0.25, 0.3) is 11.3 Å². The van der Waals surface area contributed by atoms with Gasteiger partial charge >= 0.3 is 6.18 Å². The van der Waals surface area contributed by atoms with E-state index in [1.54, 1.807) is 58.9 Å². The summed E-state index contributed by atoms with van der Waals surface area (Å²) in [5, 5.41) is 17.2. The summed E-state index contributed by atoms with van der Waals surface area (Å²) in [5.41, 5.74) is 2.99. The Morgan fingerprint density at radius 2 is 1.84 bits per heavy atom. The average molecular weight is 599 g/mol. The van der Waals surface area contributed by atoms with E-state index in [0.29, 0.717) is 54.0 Å². The number of aliphatic hydroxyl groups excluding tert-OH is 1. The maximum atomic E-state index is 13.7. The predicted molar refractivity (Wildman–Crippen MR) is 161 cm³/mol. The number of imidazole rings is 1. The van der Waals surface area contributed by atoms with Gasteiger partial charge < -0.3 is 19.9 Å². The van der Waals surface area contributed by atoms with Crippen molar-refractivity contribution >= 4 is 23.1 Å². The highest BCUT2D eigenvalue weighted by atomic mass is 19.4. The molecule has 44 heavy (non-hydrogen) atoms. The van der Waals surface area contributed by atoms with Gasteiger partial charge in [0.15, 0.2) is 5.65 Å². The van der Waals surface area contributed by atoms with Crippen LogP contribution in [0.1, 0.15) is 51.1 Å². The molecule has 8 nitrogen and oxygen atoms in total. The van der Waals surface area contributed by atoms with Crippen molar-refractivity contribution in [2.45, 2.75) is 39.0 Å². The SMILES string of the molecule is Cc1ccn(-c2cc(NC(=O)c3cccc(C#Cc4cnc5ccc(N6CCC(O)CC6)nn45)c3C)cc(C(F)(F)F)c2)c1. The number of carbonyl (C=O) groups is 1. The zero-order chi connectivity index (χ0) is 31.0. The highest BCUT2D eigenvalue weighted by molar-refractivity contribution is 6.05. The number of anilines is 2. The van der Waals surface area contributed by atoms with E-state index in [1.807, 2.05) is 19.1 Å². The Bertz CT molecular complexity index is 1920. The van der Waals surface area contributed by atoms with Gasteiger partial charge in [0.2, 0.25) is 0 Å². The molecule has 11 heteroatoms. The number of hydrogen-bond acceptors (Lipinski definition) is 5. The monoisotopic (exact) mass is 598 g/mol. The minimum atomic E-state index is -4.59. The van der Waals surface area contributed by atoms with Crippen molar-refractivity contribution in [3.63, 3.8) is 0 Å². The van der Waals surface area contributed by atoms with Crippen molar-refractivity contribution in [2.24, 2.45) is 0 Å². The molecule has 1 aliphatic rings. The van der Waals surface area contributed by atoms with Crippen molar-refractivity contribution < 1.29 is 23.1 Å². The van der Waals surface area contributed by atoms with E-state index in [0.717, 1.165) is 23.5 Å². The number of amides is 1. The standard InChI is InChI=1S/C33H29F3N6O2/c1-21-10-13-41(20-21)27-17-24(33(34,35)36)16-25(18-27)38-32(44)29-5-3-4-23(22(29)2)6-7-26-19-37-30-8-9-31(39-42(26)30)40-14-11-28(43)12-15-40/h3-5,8-10,13,16-20,28,43H,11-12,14-15H2,1-2H3,(H,38,44). The molecule has 3 aromatic heterocycles. The fourth-order valence-corrected chi connectivity index (χ4v) is 5.22. The van der Waals surface area contributed by atoms with E-state index < -0.39 is 17.6 Å². The van der Waals surface area contributed by atoms with E-state index >= 15 is 0 Å². The minimum Gasteiger partial charge on any atom is -0.393 e. The first-order valence-electron chi connectivity index (χ1n) is 14.1. The fourth-order valence-electron chi connectivity index (χ4n) is 5.22. The lowest BCUT2D eigenvalue weighted by molar-refractivity contribution is -0.137. The molecule has 0 saturated carbocycles. The second-order valence-corrected chi connectivity index (χ2v) is 10.9. The summed E-state index contributed by atoms with van der Waals surface area (Å²) < 4.78 is 44.4. The molecule has 6 rings (SSSR count). The zero-order valence-electron chi connectivity index (χ0n) is 24.1. The van der Waals surface area contributed by atoms with E-state index in [9.17, 15) is 23.1 Å². The van der Waals surface area contributed by atoms with E-state index in [1.165, 1.54) is 6.07 Å². The quantitative estimate of drug-likeness (QED) is 0.257. The highest BCUT2D eigenvalue weighted by Crippen LogP contribution is 2.33. The molecule has 4 heterocycles. The van der Waals surface area contributed by atoms with Gasteiger partial charge in [-0.15, -0.1) is 5.10 Å². The molecule has 0 bridgehead atoms. The molecule has 1 fully saturated rings. The van der Waals surface area contributed by atoms with Crippen LogP contribution in [0.2, 0.25) is 0 Å². The third-order valence-electron chi connectivity index (χ3n) is 7.68. The molecule has 0 unspecified atom stereocenters. The summed E-state index contributed by atoms with van der Waals surface area (Å²) >= 11 is 0. The van der Waals surface area contributed by atoms with Gasteiger partial charge in [-0.05, 0) is 92.3 Å². The number of alkyl halides is 3. The van der Waals surface area contributed by atoms with Crippen molar-refractivity contribution in [1.82, 2.24) is 19.2 Å². The Kier molecular flexibility index (Phi) is 7.61. The van der Waals surface area contributed by atoms with Crippen LogP contribution in [0.5, 0.6) is 0 Å². The number of aromatic nitrogens is 4. The first kappa shape index (κ1) is 29.0. The Morgan fingerprint density at radius 3 is 2.57 bits per heavy atom. The summed E-state index contributed by atoms with van der Waals surface area (Å²) in [7, 11) is 0. The van der Waals surface area contributed by atoms with Crippen LogP contribution in [0.4, 0.5) is 24.7 Å². The molecule has 5 aromatic rings. The van der Waals surface area contributed by atoms with Crippen molar-refractivity contribution in [2.75, 3.05) is 23.3 Å². The molecular formula is C33H29F3N6O2. The van der Waals surface area contributed by atoms with Crippen LogP contribution in [0.3, 0.4) is 0 Å². The van der Waals surface area contributed by atoms with E-state index in [4.69, 9.17) is 5.10 Å². The minimum absolute atomic E-state index is 0.0258. The molecule has 1 saturated heterocycles. The summed E-state index contributed by atoms with van der Waals surface area (Å²) in [6, 6.07) is 14.1. The molecule has 0 spiro atoms. The number of hydrogen-bond donors (Lipinski definition) is 2. The highest BCUT2D eigenvalue weighted by Gasteiger charge is 2.31. The summed E-state index contributed by atoms with van der Waals surface area (Å²) in [6.45, 7) is 5.00. The van der Waals surface area contributed by atoms with Gasteiger partial charge in [0.1, 0.15) is 11.5 Å². The maximum Gasteiger partial charge on any atom is 0.416 e. The zero-order valence-corrected chi connectivity index (χ0v) is 24.1. The molecule has 0 aliphatic carbocycles. The molecule has 1 aliphatic heterocycles. The number of piperidine rings is 1. The van der Waals surface area contributed by atoms with Gasteiger partial charge in [0.05, 0.1) is 17.9 Å². The number of benzene rings is 2. The number of nitrogens with zero attached hydrogens (tertiary/aromatic N) is 5. The normalized spacial score (nSPS) is 14.0. The number of aliphatic hydroxyl groups is 1. The molecule has 224 valence electrons. The number of rotatable bonds is 4. The Labute approximate surface area is 251 Å². The molecular weight excluding hydrogens is 569 g/mol. The number of halogens is 3. The number of aryl methyl sites for hydroxylation is 1. The van der Waals surface area contributed by atoms with Crippen LogP contribution in [-0.2, 0) is 6.18 Å². The lowest BCUT2D eigenvalue weighted by atomic mass is 10.0. The average Bonchev–Trinajstić information content (AvgIpc) is 3.62. The third kappa shape index (κ3) is 6.02. The van der Waals surface area contributed by atoms with Crippen molar-refractivity contribution in [3.8, 4) is 17.5 Å². The molecule has 2 aromatic carbocycles. The number of fused-ring (bicyclic) bond motifs is 1. The second kappa shape index (κ2) is 11.5. The van der Waals surface area contributed by atoms with Gasteiger partial charge in [-0.1, -0.05) is 12.0 Å². The molecule has 2 N–H and O–H groups in total. The Morgan fingerprint density at radius 1 is 1.05 bits per heavy atom. The van der Waals surface area contributed by atoms with Crippen LogP contribution < -0.4 is 10.2 Å². The second-order valence-electron chi connectivity index (χ2n) is 10.9. The summed E-state index contributed by atoms with van der Waals surface area (Å²) in [6.07, 6.45) is 1.49. The maximum absolute atomic E-state index is 13.7. The Balaban J connectivity index is 1.27. The van der Waals surface area contributed by atoms with Gasteiger partial charge in [-0.3, -0.25) is 4.79 Å².